The van der Waals surface area contributed by atoms with E-state index in [9.17, 15) is 9.59 Å². The average molecular weight is 350 g/mol. The third-order valence-electron chi connectivity index (χ3n) is 5.00. The highest BCUT2D eigenvalue weighted by molar-refractivity contribution is 5.94. The molecule has 0 spiro atoms. The van der Waals surface area contributed by atoms with Crippen LogP contribution in [0.5, 0.6) is 0 Å². The lowest BCUT2D eigenvalue weighted by atomic mass is 9.81. The first-order valence-electron chi connectivity index (χ1n) is 9.26. The molecule has 0 saturated heterocycles. The Morgan fingerprint density at radius 2 is 1.19 bits per heavy atom. The van der Waals surface area contributed by atoms with Gasteiger partial charge in [0.1, 0.15) is 0 Å². The summed E-state index contributed by atoms with van der Waals surface area (Å²) in [4.78, 5) is 24.9. The van der Waals surface area contributed by atoms with E-state index in [1.165, 1.54) is 0 Å². The van der Waals surface area contributed by atoms with E-state index >= 15 is 0 Å². The van der Waals surface area contributed by atoms with Crippen LogP contribution in [0.15, 0.2) is 48.5 Å². The summed E-state index contributed by atoms with van der Waals surface area (Å²) in [5, 5.41) is 6.01. The second kappa shape index (κ2) is 8.17. The zero-order valence-corrected chi connectivity index (χ0v) is 15.4. The third kappa shape index (κ3) is 4.72. The first kappa shape index (κ1) is 18.2. The summed E-state index contributed by atoms with van der Waals surface area (Å²) >= 11 is 0. The molecule has 0 aromatic heterocycles. The van der Waals surface area contributed by atoms with E-state index in [0.29, 0.717) is 0 Å². The number of amides is 2. The molecule has 0 bridgehead atoms. The maximum Gasteiger partial charge on any atom is 0.227 e. The molecule has 1 saturated carbocycles. The van der Waals surface area contributed by atoms with Crippen molar-refractivity contribution in [3.05, 3.63) is 59.7 Å². The number of rotatable bonds is 4. The van der Waals surface area contributed by atoms with E-state index in [-0.39, 0.29) is 23.7 Å². The molecule has 4 nitrogen and oxygen atoms in total. The number of nitrogens with one attached hydrogen (secondary N) is 2. The van der Waals surface area contributed by atoms with Gasteiger partial charge in [-0.1, -0.05) is 24.3 Å². The van der Waals surface area contributed by atoms with Crippen molar-refractivity contribution < 1.29 is 9.59 Å². The number of carbonyl (C=O) groups excluding carboxylic acids is 2. The molecule has 4 heteroatoms. The lowest BCUT2D eigenvalue weighted by Crippen LogP contribution is -2.32. The van der Waals surface area contributed by atoms with Crippen molar-refractivity contribution in [3.63, 3.8) is 0 Å². The molecule has 3 rings (SSSR count). The number of hydrogen-bond donors (Lipinski definition) is 2. The Bertz CT molecular complexity index is 758. The smallest absolute Gasteiger partial charge is 0.227 e. The van der Waals surface area contributed by atoms with Crippen LogP contribution in [0, 0.1) is 25.7 Å². The zero-order chi connectivity index (χ0) is 18.5. The molecule has 0 atom stereocenters. The van der Waals surface area contributed by atoms with Gasteiger partial charge in [0, 0.05) is 23.2 Å². The molecule has 136 valence electrons. The summed E-state index contributed by atoms with van der Waals surface area (Å²) in [6, 6.07) is 15.6. The van der Waals surface area contributed by atoms with E-state index in [4.69, 9.17) is 0 Å². The quantitative estimate of drug-likeness (QED) is 0.840. The van der Waals surface area contributed by atoms with Crippen LogP contribution in [-0.2, 0) is 9.59 Å². The summed E-state index contributed by atoms with van der Waals surface area (Å²) in [5.74, 6) is 0.0957. The van der Waals surface area contributed by atoms with Gasteiger partial charge in [0.25, 0.3) is 0 Å². The van der Waals surface area contributed by atoms with Gasteiger partial charge in [0.2, 0.25) is 11.8 Å². The highest BCUT2D eigenvalue weighted by Gasteiger charge is 2.30. The molecular formula is C22H26N2O2. The van der Waals surface area contributed by atoms with Gasteiger partial charge < -0.3 is 10.6 Å². The molecule has 0 aliphatic heterocycles. The predicted octanol–water partition coefficient (Wildman–Crippen LogP) is 4.69. The minimum atomic E-state index is -0.0170. The summed E-state index contributed by atoms with van der Waals surface area (Å²) in [6.45, 7) is 4.05. The van der Waals surface area contributed by atoms with E-state index in [0.717, 1.165) is 48.2 Å². The molecule has 0 heterocycles. The molecule has 1 fully saturated rings. The monoisotopic (exact) mass is 350 g/mol. The van der Waals surface area contributed by atoms with Crippen molar-refractivity contribution in [3.8, 4) is 0 Å². The number of hydrogen-bond acceptors (Lipinski definition) is 2. The van der Waals surface area contributed by atoms with Crippen LogP contribution >= 0.6 is 0 Å². The van der Waals surface area contributed by atoms with Crippen LogP contribution < -0.4 is 10.6 Å². The molecule has 2 aromatic carbocycles. The second-order valence-electron chi connectivity index (χ2n) is 7.27. The van der Waals surface area contributed by atoms with Gasteiger partial charge in [-0.05, 0) is 74.9 Å². The van der Waals surface area contributed by atoms with E-state index in [1.807, 2.05) is 56.3 Å². The summed E-state index contributed by atoms with van der Waals surface area (Å²) in [7, 11) is 0. The maximum absolute atomic E-state index is 12.5. The Kier molecular flexibility index (Phi) is 5.71. The van der Waals surface area contributed by atoms with Crippen LogP contribution in [0.25, 0.3) is 0 Å². The molecule has 0 unspecified atom stereocenters. The Morgan fingerprint density at radius 3 is 1.69 bits per heavy atom. The van der Waals surface area contributed by atoms with Crippen molar-refractivity contribution in [2.45, 2.75) is 39.5 Å². The minimum Gasteiger partial charge on any atom is -0.326 e. The highest BCUT2D eigenvalue weighted by Crippen LogP contribution is 2.30. The Balaban J connectivity index is 1.51. The standard InChI is InChI=1S/C22H26N2O2/c1-15-12-16(2)14-20(13-15)24-22(26)18-10-8-17(9-11-18)21(25)23-19-6-4-3-5-7-19/h3-7,12-14,17-18H,8-11H2,1-2H3,(H,23,25)(H,24,26). The van der Waals surface area contributed by atoms with Crippen LogP contribution in [0.3, 0.4) is 0 Å². The second-order valence-corrected chi connectivity index (χ2v) is 7.27. The fourth-order valence-corrected chi connectivity index (χ4v) is 3.67. The number of anilines is 2. The highest BCUT2D eigenvalue weighted by atomic mass is 16.2. The summed E-state index contributed by atoms with van der Waals surface area (Å²) < 4.78 is 0. The summed E-state index contributed by atoms with van der Waals surface area (Å²) in [6.07, 6.45) is 3.01. The fraction of sp³-hybridized carbons (Fsp3) is 0.364. The molecule has 2 aromatic rings. The fourth-order valence-electron chi connectivity index (χ4n) is 3.67. The molecule has 1 aliphatic rings. The van der Waals surface area contributed by atoms with Gasteiger partial charge in [0.15, 0.2) is 0 Å². The average Bonchev–Trinajstić information content (AvgIpc) is 2.62. The lowest BCUT2D eigenvalue weighted by Gasteiger charge is -2.27. The zero-order valence-electron chi connectivity index (χ0n) is 15.4. The number of aryl methyl sites for hydroxylation is 2. The first-order chi connectivity index (χ1) is 12.5. The molecule has 2 amide bonds. The SMILES string of the molecule is Cc1cc(C)cc(NC(=O)C2CCC(C(=O)Nc3ccccc3)CC2)c1. The van der Waals surface area contributed by atoms with E-state index in [2.05, 4.69) is 16.7 Å². The van der Waals surface area contributed by atoms with E-state index < -0.39 is 0 Å². The van der Waals surface area contributed by atoms with E-state index in [1.54, 1.807) is 0 Å². The van der Waals surface area contributed by atoms with Gasteiger partial charge in [-0.3, -0.25) is 9.59 Å². The van der Waals surface area contributed by atoms with Crippen molar-refractivity contribution in [1.82, 2.24) is 0 Å². The third-order valence-corrected chi connectivity index (χ3v) is 5.00. The van der Waals surface area contributed by atoms with Gasteiger partial charge in [-0.2, -0.15) is 0 Å². The normalized spacial score (nSPS) is 19.6. The lowest BCUT2D eigenvalue weighted by molar-refractivity contribution is -0.125. The maximum atomic E-state index is 12.5. The van der Waals surface area contributed by atoms with Crippen LogP contribution in [0.1, 0.15) is 36.8 Å². The summed E-state index contributed by atoms with van der Waals surface area (Å²) in [5.41, 5.74) is 3.96. The minimum absolute atomic E-state index is 0.0135. The van der Waals surface area contributed by atoms with Crippen LogP contribution in [-0.4, -0.2) is 11.8 Å². The van der Waals surface area contributed by atoms with Gasteiger partial charge in [-0.25, -0.2) is 0 Å². The van der Waals surface area contributed by atoms with Gasteiger partial charge >= 0.3 is 0 Å². The number of benzene rings is 2. The van der Waals surface area contributed by atoms with Crippen molar-refractivity contribution in [2.75, 3.05) is 10.6 Å². The topological polar surface area (TPSA) is 58.2 Å². The molecule has 26 heavy (non-hydrogen) atoms. The van der Waals surface area contributed by atoms with Crippen molar-refractivity contribution in [1.29, 1.82) is 0 Å². The van der Waals surface area contributed by atoms with Crippen LogP contribution in [0.2, 0.25) is 0 Å². The van der Waals surface area contributed by atoms with Crippen LogP contribution in [0.4, 0.5) is 11.4 Å². The van der Waals surface area contributed by atoms with Gasteiger partial charge in [-0.15, -0.1) is 0 Å². The Morgan fingerprint density at radius 1 is 0.731 bits per heavy atom. The Labute approximate surface area is 155 Å². The predicted molar refractivity (Wildman–Crippen MR) is 105 cm³/mol. The molecule has 0 radical (unpaired) electrons. The number of para-hydroxylation sites is 1. The molecular weight excluding hydrogens is 324 g/mol. The molecule has 1 aliphatic carbocycles. The molecule has 2 N–H and O–H groups in total. The first-order valence-corrected chi connectivity index (χ1v) is 9.26. The van der Waals surface area contributed by atoms with Crippen molar-refractivity contribution >= 4 is 23.2 Å². The van der Waals surface area contributed by atoms with Gasteiger partial charge in [0.05, 0.1) is 0 Å². The number of carbonyl (C=O) groups is 2. The largest absolute Gasteiger partial charge is 0.326 e. The Hall–Kier alpha value is -2.62. The van der Waals surface area contributed by atoms with Crippen molar-refractivity contribution in [2.24, 2.45) is 11.8 Å².